The summed E-state index contributed by atoms with van der Waals surface area (Å²) in [5.41, 5.74) is 1.01. The molecule has 2 aromatic rings. The lowest BCUT2D eigenvalue weighted by Gasteiger charge is -2.38. The molecule has 1 unspecified atom stereocenters. The van der Waals surface area contributed by atoms with Crippen molar-refractivity contribution in [2.75, 3.05) is 19.8 Å². The third-order valence-electron chi connectivity index (χ3n) is 4.09. The zero-order valence-electron chi connectivity index (χ0n) is 13.0. The predicted octanol–water partition coefficient (Wildman–Crippen LogP) is 1.93. The minimum Gasteiger partial charge on any atom is -0.380 e. The third-order valence-corrected chi connectivity index (χ3v) is 4.09. The summed E-state index contributed by atoms with van der Waals surface area (Å²) in [6.07, 6.45) is 3.57. The fourth-order valence-electron chi connectivity index (χ4n) is 2.68. The van der Waals surface area contributed by atoms with Crippen LogP contribution in [0, 0.1) is 12.3 Å². The lowest BCUT2D eigenvalue weighted by atomic mass is 9.88. The summed E-state index contributed by atoms with van der Waals surface area (Å²) in [6, 6.07) is 9.39. The SMILES string of the molecule is Cc1nccn1C(C(=O)NCC1(C)COC1)c1ccccc1. The van der Waals surface area contributed by atoms with Gasteiger partial charge in [-0.25, -0.2) is 4.98 Å². The average Bonchev–Trinajstić information content (AvgIpc) is 2.91. The van der Waals surface area contributed by atoms with Gasteiger partial charge in [-0.1, -0.05) is 37.3 Å². The first-order valence-electron chi connectivity index (χ1n) is 7.49. The van der Waals surface area contributed by atoms with E-state index < -0.39 is 6.04 Å². The number of ether oxygens (including phenoxy) is 1. The zero-order chi connectivity index (χ0) is 15.6. The number of hydrogen-bond acceptors (Lipinski definition) is 3. The molecular weight excluding hydrogens is 278 g/mol. The number of imidazole rings is 1. The lowest BCUT2D eigenvalue weighted by Crippen LogP contribution is -2.49. The number of nitrogens with one attached hydrogen (secondary N) is 1. The first-order chi connectivity index (χ1) is 10.6. The van der Waals surface area contributed by atoms with Crippen LogP contribution in [-0.4, -0.2) is 35.2 Å². The molecule has 1 aliphatic rings. The number of nitrogens with zero attached hydrogens (tertiary/aromatic N) is 2. The molecule has 5 nitrogen and oxygen atoms in total. The van der Waals surface area contributed by atoms with Crippen LogP contribution in [-0.2, 0) is 9.53 Å². The van der Waals surface area contributed by atoms with Gasteiger partial charge in [-0.2, -0.15) is 0 Å². The van der Waals surface area contributed by atoms with Crippen LogP contribution in [0.4, 0.5) is 0 Å². The van der Waals surface area contributed by atoms with Gasteiger partial charge in [0.2, 0.25) is 5.91 Å². The number of aromatic nitrogens is 2. The number of carbonyl (C=O) groups is 1. The maximum atomic E-state index is 12.8. The molecule has 1 saturated heterocycles. The van der Waals surface area contributed by atoms with E-state index in [-0.39, 0.29) is 11.3 Å². The Morgan fingerprint density at radius 3 is 2.68 bits per heavy atom. The molecule has 1 aliphatic heterocycles. The second-order valence-corrected chi connectivity index (χ2v) is 6.22. The van der Waals surface area contributed by atoms with E-state index >= 15 is 0 Å². The molecule has 1 atom stereocenters. The maximum Gasteiger partial charge on any atom is 0.247 e. The van der Waals surface area contributed by atoms with Gasteiger partial charge in [0, 0.05) is 24.4 Å². The summed E-state index contributed by atoms with van der Waals surface area (Å²) in [5, 5.41) is 3.07. The second kappa shape index (κ2) is 5.93. The van der Waals surface area contributed by atoms with E-state index in [0.29, 0.717) is 19.8 Å². The Morgan fingerprint density at radius 2 is 2.14 bits per heavy atom. The molecule has 1 fully saturated rings. The van der Waals surface area contributed by atoms with Crippen LogP contribution in [0.1, 0.15) is 24.4 Å². The molecule has 2 heterocycles. The molecule has 0 aliphatic carbocycles. The minimum absolute atomic E-state index is 0.0135. The van der Waals surface area contributed by atoms with Gasteiger partial charge in [0.1, 0.15) is 11.9 Å². The number of amides is 1. The van der Waals surface area contributed by atoms with E-state index in [2.05, 4.69) is 17.2 Å². The van der Waals surface area contributed by atoms with Crippen LogP contribution in [0.5, 0.6) is 0 Å². The largest absolute Gasteiger partial charge is 0.380 e. The predicted molar refractivity (Wildman–Crippen MR) is 83.5 cm³/mol. The summed E-state index contributed by atoms with van der Waals surface area (Å²) in [6.45, 7) is 6.06. The third kappa shape index (κ3) is 2.90. The molecule has 1 aromatic carbocycles. The summed E-state index contributed by atoms with van der Waals surface area (Å²) in [5.74, 6) is 0.808. The molecule has 116 valence electrons. The fraction of sp³-hybridized carbons (Fsp3) is 0.412. The smallest absolute Gasteiger partial charge is 0.247 e. The van der Waals surface area contributed by atoms with Crippen molar-refractivity contribution < 1.29 is 9.53 Å². The Balaban J connectivity index is 1.82. The van der Waals surface area contributed by atoms with Crippen LogP contribution >= 0.6 is 0 Å². The average molecular weight is 299 g/mol. The summed E-state index contributed by atoms with van der Waals surface area (Å²) in [4.78, 5) is 17.0. The number of hydrogen-bond donors (Lipinski definition) is 1. The van der Waals surface area contributed by atoms with Gasteiger partial charge in [0.15, 0.2) is 0 Å². The van der Waals surface area contributed by atoms with Gasteiger partial charge < -0.3 is 14.6 Å². The first-order valence-corrected chi connectivity index (χ1v) is 7.49. The van der Waals surface area contributed by atoms with E-state index in [1.807, 2.05) is 48.0 Å². The topological polar surface area (TPSA) is 56.2 Å². The molecule has 3 rings (SSSR count). The van der Waals surface area contributed by atoms with Crippen LogP contribution in [0.15, 0.2) is 42.7 Å². The molecule has 1 amide bonds. The molecule has 0 saturated carbocycles. The highest BCUT2D eigenvalue weighted by Crippen LogP contribution is 2.26. The van der Waals surface area contributed by atoms with E-state index in [1.165, 1.54) is 0 Å². The fourth-order valence-corrected chi connectivity index (χ4v) is 2.68. The van der Waals surface area contributed by atoms with Crippen LogP contribution < -0.4 is 5.32 Å². The van der Waals surface area contributed by atoms with Crippen molar-refractivity contribution >= 4 is 5.91 Å². The monoisotopic (exact) mass is 299 g/mol. The van der Waals surface area contributed by atoms with E-state index in [0.717, 1.165) is 11.4 Å². The van der Waals surface area contributed by atoms with E-state index in [9.17, 15) is 4.79 Å². The Hall–Kier alpha value is -2.14. The molecule has 1 N–H and O–H groups in total. The van der Waals surface area contributed by atoms with Crippen LogP contribution in [0.2, 0.25) is 0 Å². The molecule has 22 heavy (non-hydrogen) atoms. The van der Waals surface area contributed by atoms with Gasteiger partial charge in [-0.15, -0.1) is 0 Å². The lowest BCUT2D eigenvalue weighted by molar-refractivity contribution is -0.128. The number of rotatable bonds is 5. The number of carbonyl (C=O) groups excluding carboxylic acids is 1. The Morgan fingerprint density at radius 1 is 1.41 bits per heavy atom. The van der Waals surface area contributed by atoms with Crippen molar-refractivity contribution in [1.29, 1.82) is 0 Å². The van der Waals surface area contributed by atoms with Crippen molar-refractivity contribution in [2.24, 2.45) is 5.41 Å². The maximum absolute atomic E-state index is 12.8. The molecule has 0 radical (unpaired) electrons. The highest BCUT2D eigenvalue weighted by molar-refractivity contribution is 5.83. The van der Waals surface area contributed by atoms with Gasteiger partial charge >= 0.3 is 0 Å². The summed E-state index contributed by atoms with van der Waals surface area (Å²) in [7, 11) is 0. The molecule has 0 bridgehead atoms. The van der Waals surface area contributed by atoms with Gasteiger partial charge in [0.25, 0.3) is 0 Å². The summed E-state index contributed by atoms with van der Waals surface area (Å²) < 4.78 is 7.15. The van der Waals surface area contributed by atoms with Gasteiger partial charge in [0.05, 0.1) is 13.2 Å². The zero-order valence-corrected chi connectivity index (χ0v) is 13.0. The van der Waals surface area contributed by atoms with Crippen LogP contribution in [0.25, 0.3) is 0 Å². The van der Waals surface area contributed by atoms with E-state index in [1.54, 1.807) is 6.20 Å². The van der Waals surface area contributed by atoms with Crippen molar-refractivity contribution in [3.05, 3.63) is 54.1 Å². The Kier molecular flexibility index (Phi) is 3.98. The standard InChI is InChI=1S/C17H21N3O2/c1-13-18-8-9-20(13)15(14-6-4-3-5-7-14)16(21)19-10-17(2)11-22-12-17/h3-9,15H,10-12H2,1-2H3,(H,19,21). The van der Waals surface area contributed by atoms with Crippen molar-refractivity contribution in [2.45, 2.75) is 19.9 Å². The second-order valence-electron chi connectivity index (χ2n) is 6.22. The Bertz CT molecular complexity index is 647. The quantitative estimate of drug-likeness (QED) is 0.918. The first kappa shape index (κ1) is 14.8. The van der Waals surface area contributed by atoms with Crippen molar-refractivity contribution in [1.82, 2.24) is 14.9 Å². The molecule has 1 aromatic heterocycles. The summed E-state index contributed by atoms with van der Waals surface area (Å²) >= 11 is 0. The Labute approximate surface area is 130 Å². The highest BCUT2D eigenvalue weighted by atomic mass is 16.5. The molecule has 0 spiro atoms. The highest BCUT2D eigenvalue weighted by Gasteiger charge is 2.34. The normalized spacial score (nSPS) is 17.5. The number of benzene rings is 1. The van der Waals surface area contributed by atoms with Crippen LogP contribution in [0.3, 0.4) is 0 Å². The molecule has 5 heteroatoms. The van der Waals surface area contributed by atoms with E-state index in [4.69, 9.17) is 4.74 Å². The minimum atomic E-state index is -0.395. The van der Waals surface area contributed by atoms with Gasteiger partial charge in [-0.05, 0) is 12.5 Å². The molecular formula is C17H21N3O2. The van der Waals surface area contributed by atoms with Crippen molar-refractivity contribution in [3.63, 3.8) is 0 Å². The van der Waals surface area contributed by atoms with Gasteiger partial charge in [-0.3, -0.25) is 4.79 Å². The van der Waals surface area contributed by atoms with Crippen molar-refractivity contribution in [3.8, 4) is 0 Å². The number of aryl methyl sites for hydroxylation is 1.